The fraction of sp³-hybridized carbons (Fsp3) is 0.118. The Hall–Kier alpha value is -3.15. The van der Waals surface area contributed by atoms with E-state index in [2.05, 4.69) is 38.1 Å². The van der Waals surface area contributed by atoms with Crippen molar-refractivity contribution in [3.63, 3.8) is 0 Å². The van der Waals surface area contributed by atoms with Gasteiger partial charge in [0, 0.05) is 49.7 Å². The van der Waals surface area contributed by atoms with E-state index in [1.807, 2.05) is 49.9 Å². The lowest BCUT2D eigenvalue weighted by Crippen LogP contribution is -1.96. The van der Waals surface area contributed by atoms with E-state index < -0.39 is 0 Å². The molecular weight excluding hydrogens is 288 g/mol. The Bertz CT molecular complexity index is 967. The van der Waals surface area contributed by atoms with Crippen molar-refractivity contribution in [1.82, 2.24) is 24.3 Å². The molecule has 1 N–H and O–H groups in total. The van der Waals surface area contributed by atoms with Crippen LogP contribution in [0.2, 0.25) is 0 Å². The van der Waals surface area contributed by atoms with Crippen molar-refractivity contribution in [2.75, 3.05) is 5.32 Å². The first-order valence-corrected chi connectivity index (χ1v) is 7.33. The van der Waals surface area contributed by atoms with E-state index in [0.717, 1.165) is 33.8 Å². The normalized spacial score (nSPS) is 11.0. The van der Waals surface area contributed by atoms with Gasteiger partial charge in [-0.3, -0.25) is 4.68 Å². The van der Waals surface area contributed by atoms with Crippen molar-refractivity contribution >= 4 is 22.5 Å². The van der Waals surface area contributed by atoms with Crippen LogP contribution in [0.15, 0.2) is 55.1 Å². The first kappa shape index (κ1) is 13.5. The van der Waals surface area contributed by atoms with Crippen molar-refractivity contribution < 1.29 is 0 Å². The number of hydrogen-bond donors (Lipinski definition) is 1. The van der Waals surface area contributed by atoms with Gasteiger partial charge in [-0.05, 0) is 18.2 Å². The minimum atomic E-state index is 0.773. The third-order valence-corrected chi connectivity index (χ3v) is 3.85. The number of rotatable bonds is 3. The lowest BCUT2D eigenvalue weighted by Gasteiger charge is -2.06. The van der Waals surface area contributed by atoms with Crippen LogP contribution in [0.1, 0.15) is 0 Å². The summed E-state index contributed by atoms with van der Waals surface area (Å²) in [6.07, 6.45) is 7.51. The molecule has 23 heavy (non-hydrogen) atoms. The smallest absolute Gasteiger partial charge is 0.133 e. The van der Waals surface area contributed by atoms with Gasteiger partial charge in [0.15, 0.2) is 0 Å². The van der Waals surface area contributed by atoms with Crippen LogP contribution in [0, 0.1) is 0 Å². The monoisotopic (exact) mass is 304 g/mol. The molecule has 0 atom stereocenters. The number of pyridine rings is 2. The molecule has 0 saturated heterocycles. The van der Waals surface area contributed by atoms with Gasteiger partial charge in [0.05, 0.1) is 17.4 Å². The van der Waals surface area contributed by atoms with E-state index in [4.69, 9.17) is 0 Å². The summed E-state index contributed by atoms with van der Waals surface area (Å²) in [5, 5.41) is 8.56. The summed E-state index contributed by atoms with van der Waals surface area (Å²) < 4.78 is 3.96. The fourth-order valence-corrected chi connectivity index (χ4v) is 2.70. The SMILES string of the molecule is Cn1cc(-c2cc3cnc(Nc4ccccn4)cc3n2C)cn1. The predicted octanol–water partition coefficient (Wildman–Crippen LogP) is 3.11. The van der Waals surface area contributed by atoms with Gasteiger partial charge in [-0.15, -0.1) is 0 Å². The van der Waals surface area contributed by atoms with Gasteiger partial charge < -0.3 is 9.88 Å². The highest BCUT2D eigenvalue weighted by atomic mass is 15.2. The molecule has 0 spiro atoms. The van der Waals surface area contributed by atoms with Crippen LogP contribution in [-0.2, 0) is 14.1 Å². The molecule has 0 radical (unpaired) electrons. The molecule has 0 amide bonds. The minimum absolute atomic E-state index is 0.773. The third-order valence-electron chi connectivity index (χ3n) is 3.85. The molecule has 4 aromatic heterocycles. The number of nitrogens with zero attached hydrogens (tertiary/aromatic N) is 5. The van der Waals surface area contributed by atoms with Crippen molar-refractivity contribution in [1.29, 1.82) is 0 Å². The summed E-state index contributed by atoms with van der Waals surface area (Å²) in [5.41, 5.74) is 3.31. The predicted molar refractivity (Wildman–Crippen MR) is 90.4 cm³/mol. The summed E-state index contributed by atoms with van der Waals surface area (Å²) in [7, 11) is 3.97. The molecule has 0 aromatic carbocycles. The number of aryl methyl sites for hydroxylation is 2. The zero-order valence-electron chi connectivity index (χ0n) is 12.9. The lowest BCUT2D eigenvalue weighted by molar-refractivity contribution is 0.768. The van der Waals surface area contributed by atoms with Crippen molar-refractivity contribution in [2.45, 2.75) is 0 Å². The number of anilines is 2. The molecule has 0 saturated carbocycles. The van der Waals surface area contributed by atoms with Crippen LogP contribution >= 0.6 is 0 Å². The molecule has 0 aliphatic carbocycles. The van der Waals surface area contributed by atoms with Gasteiger partial charge in [-0.1, -0.05) is 6.07 Å². The van der Waals surface area contributed by atoms with E-state index in [9.17, 15) is 0 Å². The largest absolute Gasteiger partial charge is 0.343 e. The Morgan fingerprint density at radius 3 is 2.65 bits per heavy atom. The van der Waals surface area contributed by atoms with Crippen LogP contribution in [-0.4, -0.2) is 24.3 Å². The summed E-state index contributed by atoms with van der Waals surface area (Å²) in [6, 6.07) is 9.90. The highest BCUT2D eigenvalue weighted by Gasteiger charge is 2.10. The molecule has 4 heterocycles. The summed E-state index contributed by atoms with van der Waals surface area (Å²) in [6.45, 7) is 0. The molecule has 4 rings (SSSR count). The summed E-state index contributed by atoms with van der Waals surface area (Å²) in [5.74, 6) is 1.55. The zero-order valence-corrected chi connectivity index (χ0v) is 12.9. The van der Waals surface area contributed by atoms with Gasteiger partial charge >= 0.3 is 0 Å². The molecule has 0 aliphatic rings. The van der Waals surface area contributed by atoms with Gasteiger partial charge in [0.1, 0.15) is 11.6 Å². The van der Waals surface area contributed by atoms with Crippen molar-refractivity contribution in [2.24, 2.45) is 14.1 Å². The average Bonchev–Trinajstić information content (AvgIpc) is 3.13. The quantitative estimate of drug-likeness (QED) is 0.632. The number of fused-ring (bicyclic) bond motifs is 1. The van der Waals surface area contributed by atoms with Crippen molar-refractivity contribution in [3.8, 4) is 11.3 Å². The Labute approximate surface area is 133 Å². The Balaban J connectivity index is 1.75. The van der Waals surface area contributed by atoms with Crippen LogP contribution in [0.4, 0.5) is 11.6 Å². The summed E-state index contributed by atoms with van der Waals surface area (Å²) in [4.78, 5) is 8.73. The van der Waals surface area contributed by atoms with E-state index in [1.165, 1.54) is 0 Å². The van der Waals surface area contributed by atoms with Crippen LogP contribution in [0.3, 0.4) is 0 Å². The molecule has 4 aromatic rings. The third kappa shape index (κ3) is 2.44. The Morgan fingerprint density at radius 1 is 1.00 bits per heavy atom. The second-order valence-corrected chi connectivity index (χ2v) is 5.46. The van der Waals surface area contributed by atoms with E-state index in [-0.39, 0.29) is 0 Å². The maximum Gasteiger partial charge on any atom is 0.133 e. The van der Waals surface area contributed by atoms with E-state index in [0.29, 0.717) is 0 Å². The maximum atomic E-state index is 4.47. The van der Waals surface area contributed by atoms with Crippen LogP contribution < -0.4 is 5.32 Å². The van der Waals surface area contributed by atoms with Gasteiger partial charge in [-0.25, -0.2) is 9.97 Å². The zero-order chi connectivity index (χ0) is 15.8. The first-order chi connectivity index (χ1) is 11.2. The Morgan fingerprint density at radius 2 is 1.91 bits per heavy atom. The molecule has 0 unspecified atom stereocenters. The minimum Gasteiger partial charge on any atom is -0.343 e. The van der Waals surface area contributed by atoms with Crippen LogP contribution in [0.25, 0.3) is 22.2 Å². The number of aromatic nitrogens is 5. The van der Waals surface area contributed by atoms with Gasteiger partial charge in [0.25, 0.3) is 0 Å². The Kier molecular flexibility index (Phi) is 3.08. The average molecular weight is 304 g/mol. The summed E-state index contributed by atoms with van der Waals surface area (Å²) >= 11 is 0. The molecule has 6 heteroatoms. The van der Waals surface area contributed by atoms with Crippen LogP contribution in [0.5, 0.6) is 0 Å². The van der Waals surface area contributed by atoms with Gasteiger partial charge in [-0.2, -0.15) is 5.10 Å². The molecule has 6 nitrogen and oxygen atoms in total. The topological polar surface area (TPSA) is 60.6 Å². The van der Waals surface area contributed by atoms with Gasteiger partial charge in [0.2, 0.25) is 0 Å². The molecule has 0 aliphatic heterocycles. The maximum absolute atomic E-state index is 4.47. The van der Waals surface area contributed by atoms with Crippen molar-refractivity contribution in [3.05, 3.63) is 55.1 Å². The first-order valence-electron chi connectivity index (χ1n) is 7.33. The molecule has 114 valence electrons. The fourth-order valence-electron chi connectivity index (χ4n) is 2.70. The second kappa shape index (κ2) is 5.24. The second-order valence-electron chi connectivity index (χ2n) is 5.46. The number of hydrogen-bond acceptors (Lipinski definition) is 4. The van der Waals surface area contributed by atoms with E-state index in [1.54, 1.807) is 10.9 Å². The highest BCUT2D eigenvalue weighted by Crippen LogP contribution is 2.28. The van der Waals surface area contributed by atoms with E-state index >= 15 is 0 Å². The molecule has 0 fully saturated rings. The number of nitrogens with one attached hydrogen (secondary N) is 1. The lowest BCUT2D eigenvalue weighted by atomic mass is 10.2. The highest BCUT2D eigenvalue weighted by molar-refractivity contribution is 5.88. The standard InChI is InChI=1S/C17H16N6/c1-22-11-13(10-20-22)14-7-12-9-19-17(8-15(12)23(14)2)21-16-5-3-4-6-18-16/h3-11H,1-2H3,(H,18,19,21). The molecule has 0 bridgehead atoms. The molecular formula is C17H16N6.